The fourth-order valence-corrected chi connectivity index (χ4v) is 3.69. The number of urea groups is 1. The van der Waals surface area contributed by atoms with Crippen LogP contribution in [0, 0.1) is 0 Å². The first kappa shape index (κ1) is 23.6. The van der Waals surface area contributed by atoms with Gasteiger partial charge < -0.3 is 24.6 Å². The van der Waals surface area contributed by atoms with Crippen LogP contribution in [0.15, 0.2) is 48.5 Å². The largest absolute Gasteiger partial charge is 0.497 e. The molecule has 0 aliphatic carbocycles. The summed E-state index contributed by atoms with van der Waals surface area (Å²) in [6.07, 6.45) is 0. The molecule has 1 unspecified atom stereocenters. The van der Waals surface area contributed by atoms with Gasteiger partial charge in [0.05, 0.1) is 20.3 Å². The number of rotatable bonds is 5. The first-order valence-electron chi connectivity index (χ1n) is 10.9. The zero-order valence-electron chi connectivity index (χ0n) is 19.6. The molecule has 1 fully saturated rings. The van der Waals surface area contributed by atoms with E-state index in [4.69, 9.17) is 9.47 Å². The van der Waals surface area contributed by atoms with E-state index in [-0.39, 0.29) is 17.4 Å². The molecule has 0 bridgehead atoms. The van der Waals surface area contributed by atoms with E-state index in [1.807, 2.05) is 36.4 Å². The van der Waals surface area contributed by atoms with Crippen LogP contribution in [-0.4, -0.2) is 62.2 Å². The molecule has 2 aromatic rings. The minimum absolute atomic E-state index is 0.0267. The molecule has 172 valence electrons. The molecule has 0 saturated carbocycles. The molecule has 1 aliphatic rings. The summed E-state index contributed by atoms with van der Waals surface area (Å²) in [4.78, 5) is 29.7. The van der Waals surface area contributed by atoms with Crippen molar-refractivity contribution in [2.45, 2.75) is 32.2 Å². The first-order valence-corrected chi connectivity index (χ1v) is 10.9. The van der Waals surface area contributed by atoms with Crippen LogP contribution in [0.1, 0.15) is 37.9 Å². The van der Waals surface area contributed by atoms with Gasteiger partial charge in [0.1, 0.15) is 11.8 Å². The normalized spacial score (nSPS) is 15.1. The molecule has 1 atom stereocenters. The van der Waals surface area contributed by atoms with Crippen LogP contribution in [0.2, 0.25) is 0 Å². The van der Waals surface area contributed by atoms with Crippen LogP contribution in [-0.2, 0) is 14.9 Å². The molecule has 3 rings (SSSR count). The average molecular weight is 440 g/mol. The molecule has 1 aliphatic heterocycles. The van der Waals surface area contributed by atoms with Crippen molar-refractivity contribution >= 4 is 17.6 Å². The Morgan fingerprint density at radius 3 is 2.16 bits per heavy atom. The van der Waals surface area contributed by atoms with Gasteiger partial charge in [0.25, 0.3) is 5.91 Å². The number of amides is 3. The molecule has 7 heteroatoms. The molecule has 1 saturated heterocycles. The Labute approximate surface area is 190 Å². The van der Waals surface area contributed by atoms with Crippen molar-refractivity contribution in [2.24, 2.45) is 0 Å². The number of methoxy groups -OCH3 is 1. The molecule has 7 nitrogen and oxygen atoms in total. The molecule has 0 radical (unpaired) electrons. The highest BCUT2D eigenvalue weighted by Crippen LogP contribution is 2.27. The highest BCUT2D eigenvalue weighted by Gasteiger charge is 2.32. The fraction of sp³-hybridized carbons (Fsp3) is 0.440. The lowest BCUT2D eigenvalue weighted by Crippen LogP contribution is -2.49. The van der Waals surface area contributed by atoms with Crippen molar-refractivity contribution < 1.29 is 19.1 Å². The summed E-state index contributed by atoms with van der Waals surface area (Å²) < 4.78 is 10.6. The van der Waals surface area contributed by atoms with Gasteiger partial charge >= 0.3 is 6.03 Å². The van der Waals surface area contributed by atoms with Crippen LogP contribution in [0.3, 0.4) is 0 Å². The number of hydrogen-bond donors (Lipinski definition) is 1. The lowest BCUT2D eigenvalue weighted by Gasteiger charge is -2.34. The number of carbonyl (C=O) groups excluding carboxylic acids is 2. The number of nitrogens with one attached hydrogen (secondary N) is 1. The predicted molar refractivity (Wildman–Crippen MR) is 125 cm³/mol. The maximum atomic E-state index is 13.4. The van der Waals surface area contributed by atoms with Crippen LogP contribution in [0.4, 0.5) is 10.5 Å². The van der Waals surface area contributed by atoms with Crippen LogP contribution in [0.5, 0.6) is 5.75 Å². The Bertz CT molecular complexity index is 914. The average Bonchev–Trinajstić information content (AvgIpc) is 2.79. The molecule has 0 aromatic heterocycles. The van der Waals surface area contributed by atoms with Crippen molar-refractivity contribution in [3.63, 3.8) is 0 Å². The third kappa shape index (κ3) is 5.59. The highest BCUT2D eigenvalue weighted by atomic mass is 16.5. The summed E-state index contributed by atoms with van der Waals surface area (Å²) >= 11 is 0. The SMILES string of the molecule is COc1ccc(C(C(=O)Nc2ccc(C(C)(C)C)cc2)N(C)C(=O)N2CCOCC2)cc1. The van der Waals surface area contributed by atoms with Crippen LogP contribution >= 0.6 is 0 Å². The summed E-state index contributed by atoms with van der Waals surface area (Å²) in [7, 11) is 3.25. The summed E-state index contributed by atoms with van der Waals surface area (Å²) in [6, 6.07) is 14.0. The quantitative estimate of drug-likeness (QED) is 0.763. The topological polar surface area (TPSA) is 71.1 Å². The number of anilines is 1. The maximum Gasteiger partial charge on any atom is 0.320 e. The molecular formula is C25H33N3O4. The molecule has 1 heterocycles. The molecular weight excluding hydrogens is 406 g/mol. The summed E-state index contributed by atoms with van der Waals surface area (Å²) in [6.45, 7) is 8.45. The van der Waals surface area contributed by atoms with Gasteiger partial charge in [-0.3, -0.25) is 4.79 Å². The number of benzene rings is 2. The highest BCUT2D eigenvalue weighted by molar-refractivity contribution is 5.97. The van der Waals surface area contributed by atoms with Crippen LogP contribution in [0.25, 0.3) is 0 Å². The van der Waals surface area contributed by atoms with E-state index in [0.717, 1.165) is 0 Å². The van der Waals surface area contributed by atoms with E-state index in [1.54, 1.807) is 31.2 Å². The maximum absolute atomic E-state index is 13.4. The fourth-order valence-electron chi connectivity index (χ4n) is 3.69. The number of ether oxygens (including phenoxy) is 2. The molecule has 2 aromatic carbocycles. The third-order valence-electron chi connectivity index (χ3n) is 5.67. The van der Waals surface area contributed by atoms with Crippen molar-refractivity contribution in [2.75, 3.05) is 45.8 Å². The Morgan fingerprint density at radius 2 is 1.62 bits per heavy atom. The number of nitrogens with zero attached hydrogens (tertiary/aromatic N) is 2. The van der Waals surface area contributed by atoms with Gasteiger partial charge in [0.15, 0.2) is 0 Å². The molecule has 1 N–H and O–H groups in total. The minimum atomic E-state index is -0.793. The van der Waals surface area contributed by atoms with Crippen molar-refractivity contribution in [1.29, 1.82) is 0 Å². The van der Waals surface area contributed by atoms with E-state index in [2.05, 4.69) is 26.1 Å². The zero-order chi connectivity index (χ0) is 23.3. The standard InChI is InChI=1S/C25H33N3O4/c1-25(2,3)19-8-10-20(11-9-19)26-23(29)22(18-6-12-21(31-5)13-7-18)27(4)24(30)28-14-16-32-17-15-28/h6-13,22H,14-17H2,1-5H3,(H,26,29). The summed E-state index contributed by atoms with van der Waals surface area (Å²) in [5.41, 5.74) is 2.60. The van der Waals surface area contributed by atoms with E-state index >= 15 is 0 Å². The van der Waals surface area contributed by atoms with E-state index in [0.29, 0.717) is 43.3 Å². The Hall–Kier alpha value is -3.06. The van der Waals surface area contributed by atoms with Gasteiger partial charge in [-0.25, -0.2) is 4.79 Å². The van der Waals surface area contributed by atoms with Crippen molar-refractivity contribution in [3.8, 4) is 5.75 Å². The predicted octanol–water partition coefficient (Wildman–Crippen LogP) is 4.06. The minimum Gasteiger partial charge on any atom is -0.497 e. The second-order valence-corrected chi connectivity index (χ2v) is 8.99. The number of carbonyl (C=O) groups is 2. The van der Waals surface area contributed by atoms with E-state index < -0.39 is 6.04 Å². The number of morpholine rings is 1. The van der Waals surface area contributed by atoms with Gasteiger partial charge in [0, 0.05) is 25.8 Å². The first-order chi connectivity index (χ1) is 15.2. The zero-order valence-corrected chi connectivity index (χ0v) is 19.6. The Morgan fingerprint density at radius 1 is 1.03 bits per heavy atom. The van der Waals surface area contributed by atoms with Gasteiger partial charge in [-0.1, -0.05) is 45.0 Å². The Kier molecular flexibility index (Phi) is 7.40. The van der Waals surface area contributed by atoms with Gasteiger partial charge in [-0.05, 0) is 40.8 Å². The van der Waals surface area contributed by atoms with Gasteiger partial charge in [-0.15, -0.1) is 0 Å². The van der Waals surface area contributed by atoms with Gasteiger partial charge in [0.2, 0.25) is 0 Å². The van der Waals surface area contributed by atoms with E-state index in [9.17, 15) is 9.59 Å². The third-order valence-corrected chi connectivity index (χ3v) is 5.67. The number of likely N-dealkylation sites (N-methyl/N-ethyl adjacent to an activating group) is 1. The Balaban J connectivity index is 1.85. The van der Waals surface area contributed by atoms with E-state index in [1.165, 1.54) is 10.5 Å². The lowest BCUT2D eigenvalue weighted by atomic mass is 9.87. The number of hydrogen-bond acceptors (Lipinski definition) is 4. The molecule has 32 heavy (non-hydrogen) atoms. The van der Waals surface area contributed by atoms with Crippen LogP contribution < -0.4 is 10.1 Å². The molecule has 0 spiro atoms. The van der Waals surface area contributed by atoms with Crippen molar-refractivity contribution in [1.82, 2.24) is 9.80 Å². The van der Waals surface area contributed by atoms with Gasteiger partial charge in [-0.2, -0.15) is 0 Å². The summed E-state index contributed by atoms with van der Waals surface area (Å²) in [5, 5.41) is 2.98. The summed E-state index contributed by atoms with van der Waals surface area (Å²) in [5.74, 6) is 0.413. The van der Waals surface area contributed by atoms with Crippen molar-refractivity contribution in [3.05, 3.63) is 59.7 Å². The second kappa shape index (κ2) is 10.0. The second-order valence-electron chi connectivity index (χ2n) is 8.99. The smallest absolute Gasteiger partial charge is 0.320 e. The molecule has 3 amide bonds. The lowest BCUT2D eigenvalue weighted by molar-refractivity contribution is -0.120. The monoisotopic (exact) mass is 439 g/mol.